The Balaban J connectivity index is 1.95. The van der Waals surface area contributed by atoms with Gasteiger partial charge in [0.1, 0.15) is 5.75 Å². The lowest BCUT2D eigenvalue weighted by Crippen LogP contribution is -2.41. The molecule has 25 heavy (non-hydrogen) atoms. The molecule has 0 aromatic heterocycles. The second kappa shape index (κ2) is 6.48. The molecule has 1 aliphatic heterocycles. The van der Waals surface area contributed by atoms with E-state index in [1.54, 1.807) is 12.1 Å². The van der Waals surface area contributed by atoms with Crippen LogP contribution in [0.15, 0.2) is 41.9 Å². The van der Waals surface area contributed by atoms with Crippen molar-refractivity contribution < 1.29 is 14.4 Å². The summed E-state index contributed by atoms with van der Waals surface area (Å²) >= 11 is 0. The van der Waals surface area contributed by atoms with Crippen LogP contribution in [0.25, 0.3) is 16.8 Å². The average Bonchev–Trinajstić information content (AvgIpc) is 2.74. The average molecular weight is 339 g/mol. The maximum atomic E-state index is 9.71. The number of benzene rings is 2. The minimum Gasteiger partial charge on any atom is -0.508 e. The van der Waals surface area contributed by atoms with Gasteiger partial charge in [-0.3, -0.25) is 0 Å². The molecule has 2 N–H and O–H groups in total. The summed E-state index contributed by atoms with van der Waals surface area (Å²) in [6.45, 7) is 8.91. The van der Waals surface area contributed by atoms with Gasteiger partial charge in [-0.05, 0) is 74.8 Å². The molecule has 1 fully saturated rings. The lowest BCUT2D eigenvalue weighted by atomic mass is 9.77. The lowest BCUT2D eigenvalue weighted by molar-refractivity contribution is 0.00578. The summed E-state index contributed by atoms with van der Waals surface area (Å²) in [5.41, 5.74) is 1.37. The van der Waals surface area contributed by atoms with Crippen molar-refractivity contribution in [2.75, 3.05) is 13.6 Å². The van der Waals surface area contributed by atoms with E-state index in [1.165, 1.54) is 0 Å². The number of nitrogens with one attached hydrogen (secondary N) is 1. The summed E-state index contributed by atoms with van der Waals surface area (Å²) < 4.78 is 12.4. The van der Waals surface area contributed by atoms with Crippen LogP contribution in [0, 0.1) is 0 Å². The topological polar surface area (TPSA) is 50.7 Å². The predicted octanol–water partition coefficient (Wildman–Crippen LogP) is 3.78. The third-order valence-corrected chi connectivity index (χ3v) is 5.14. The van der Waals surface area contributed by atoms with E-state index in [4.69, 9.17) is 9.31 Å². The maximum absolute atomic E-state index is 9.71. The van der Waals surface area contributed by atoms with Gasteiger partial charge in [-0.25, -0.2) is 0 Å². The highest BCUT2D eigenvalue weighted by atomic mass is 16.7. The Morgan fingerprint density at radius 3 is 2.32 bits per heavy atom. The van der Waals surface area contributed by atoms with E-state index in [0.29, 0.717) is 6.54 Å². The number of likely N-dealkylation sites (N-methyl/N-ethyl adjacent to an activating group) is 1. The molecule has 0 amide bonds. The van der Waals surface area contributed by atoms with Crippen LogP contribution in [0.4, 0.5) is 0 Å². The molecule has 1 heterocycles. The second-order valence-corrected chi connectivity index (χ2v) is 7.63. The van der Waals surface area contributed by atoms with Gasteiger partial charge in [-0.1, -0.05) is 24.3 Å². The van der Waals surface area contributed by atoms with Crippen molar-refractivity contribution in [2.45, 2.75) is 38.9 Å². The molecule has 5 heteroatoms. The number of phenols is 1. The minimum atomic E-state index is -0.377. The van der Waals surface area contributed by atoms with Crippen LogP contribution in [0.3, 0.4) is 0 Å². The minimum absolute atomic E-state index is 0.273. The summed E-state index contributed by atoms with van der Waals surface area (Å²) in [6.07, 6.45) is 2.10. The zero-order chi connectivity index (χ0) is 18.2. The van der Waals surface area contributed by atoms with Gasteiger partial charge < -0.3 is 19.7 Å². The van der Waals surface area contributed by atoms with Crippen molar-refractivity contribution in [2.24, 2.45) is 0 Å². The summed E-state index contributed by atoms with van der Waals surface area (Å²) in [4.78, 5) is 0. The fourth-order valence-electron chi connectivity index (χ4n) is 2.96. The van der Waals surface area contributed by atoms with Crippen LogP contribution in [0.1, 0.15) is 33.3 Å². The fraction of sp³-hybridized carbons (Fsp3) is 0.400. The number of phenolic OH excluding ortho intramolecular Hbond substituents is 1. The van der Waals surface area contributed by atoms with Crippen molar-refractivity contribution >= 4 is 24.0 Å². The van der Waals surface area contributed by atoms with Gasteiger partial charge >= 0.3 is 7.12 Å². The van der Waals surface area contributed by atoms with Gasteiger partial charge in [0, 0.05) is 6.54 Å². The first-order chi connectivity index (χ1) is 11.7. The number of fused-ring (bicyclic) bond motifs is 1. The number of aromatic hydroxyl groups is 1. The molecule has 132 valence electrons. The monoisotopic (exact) mass is 339 g/mol. The molecule has 0 spiro atoms. The summed E-state index contributed by atoms with van der Waals surface area (Å²) in [5.74, 6) is 0.273. The largest absolute Gasteiger partial charge is 0.508 e. The standard InChI is InChI=1S/C20H26BNO3/c1-19(2)20(3,4)25-21(24-19)17(13-22-5)11-14-6-7-15-8-9-18(23)12-16(15)10-14/h6-12,22-23H,13H2,1-5H3. The molecule has 0 saturated carbocycles. The van der Waals surface area contributed by atoms with Gasteiger partial charge in [-0.2, -0.15) is 0 Å². The molecule has 4 nitrogen and oxygen atoms in total. The Bertz CT molecular complexity index is 798. The maximum Gasteiger partial charge on any atom is 0.491 e. The van der Waals surface area contributed by atoms with Crippen LogP contribution in [0.5, 0.6) is 5.75 Å². The highest BCUT2D eigenvalue weighted by molar-refractivity contribution is 6.55. The number of hydrogen-bond acceptors (Lipinski definition) is 4. The fourth-order valence-corrected chi connectivity index (χ4v) is 2.96. The molecule has 0 bridgehead atoms. The zero-order valence-electron chi connectivity index (χ0n) is 15.6. The predicted molar refractivity (Wildman–Crippen MR) is 104 cm³/mol. The summed E-state index contributed by atoms with van der Waals surface area (Å²) in [7, 11) is 1.54. The summed E-state index contributed by atoms with van der Waals surface area (Å²) in [5, 5.41) is 15.0. The third kappa shape index (κ3) is 3.59. The van der Waals surface area contributed by atoms with Crippen LogP contribution in [-0.4, -0.2) is 37.0 Å². The van der Waals surface area contributed by atoms with Gasteiger partial charge in [-0.15, -0.1) is 0 Å². The van der Waals surface area contributed by atoms with Crippen LogP contribution >= 0.6 is 0 Å². The molecule has 0 radical (unpaired) electrons. The van der Waals surface area contributed by atoms with E-state index < -0.39 is 0 Å². The first-order valence-corrected chi connectivity index (χ1v) is 8.65. The van der Waals surface area contributed by atoms with Crippen molar-refractivity contribution in [3.8, 4) is 5.75 Å². The molecule has 0 unspecified atom stereocenters. The Morgan fingerprint density at radius 2 is 1.68 bits per heavy atom. The van der Waals surface area contributed by atoms with Crippen LogP contribution in [-0.2, 0) is 9.31 Å². The summed E-state index contributed by atoms with van der Waals surface area (Å²) in [6, 6.07) is 11.6. The second-order valence-electron chi connectivity index (χ2n) is 7.63. The normalized spacial score (nSPS) is 19.6. The first-order valence-electron chi connectivity index (χ1n) is 8.65. The zero-order valence-corrected chi connectivity index (χ0v) is 15.6. The van der Waals surface area contributed by atoms with Crippen LogP contribution < -0.4 is 5.32 Å². The van der Waals surface area contributed by atoms with E-state index in [2.05, 4.69) is 57.3 Å². The molecule has 2 aromatic rings. The number of rotatable bonds is 4. The van der Waals surface area contributed by atoms with Crippen LogP contribution in [0.2, 0.25) is 0 Å². The SMILES string of the molecule is CNCC(=Cc1ccc2ccc(O)cc2c1)B1OC(C)(C)C(C)(C)O1. The quantitative estimate of drug-likeness (QED) is 0.833. The van der Waals surface area contributed by atoms with Gasteiger partial charge in [0.2, 0.25) is 0 Å². The van der Waals surface area contributed by atoms with E-state index in [0.717, 1.165) is 21.8 Å². The highest BCUT2D eigenvalue weighted by Crippen LogP contribution is 2.38. The van der Waals surface area contributed by atoms with E-state index in [9.17, 15) is 5.11 Å². The molecular formula is C20H26BNO3. The molecule has 0 atom stereocenters. The van der Waals surface area contributed by atoms with E-state index >= 15 is 0 Å². The van der Waals surface area contributed by atoms with Crippen molar-refractivity contribution in [1.82, 2.24) is 5.32 Å². The lowest BCUT2D eigenvalue weighted by Gasteiger charge is -2.32. The first kappa shape index (κ1) is 18.0. The van der Waals surface area contributed by atoms with Gasteiger partial charge in [0.15, 0.2) is 0 Å². The van der Waals surface area contributed by atoms with Crippen molar-refractivity contribution in [1.29, 1.82) is 0 Å². The third-order valence-electron chi connectivity index (χ3n) is 5.14. The van der Waals surface area contributed by atoms with E-state index in [-0.39, 0.29) is 24.1 Å². The molecule has 2 aromatic carbocycles. The Labute approximate surface area is 150 Å². The van der Waals surface area contributed by atoms with Crippen molar-refractivity contribution in [3.63, 3.8) is 0 Å². The van der Waals surface area contributed by atoms with Gasteiger partial charge in [0.25, 0.3) is 0 Å². The molecular weight excluding hydrogens is 313 g/mol. The van der Waals surface area contributed by atoms with E-state index in [1.807, 2.05) is 13.1 Å². The molecule has 0 aliphatic carbocycles. The molecule has 3 rings (SSSR count). The highest BCUT2D eigenvalue weighted by Gasteiger charge is 2.52. The molecule has 1 saturated heterocycles. The van der Waals surface area contributed by atoms with Crippen molar-refractivity contribution in [3.05, 3.63) is 47.4 Å². The smallest absolute Gasteiger partial charge is 0.491 e. The Morgan fingerprint density at radius 1 is 1.04 bits per heavy atom. The van der Waals surface area contributed by atoms with Gasteiger partial charge in [0.05, 0.1) is 11.2 Å². The Kier molecular flexibility index (Phi) is 4.67. The Hall–Kier alpha value is -1.82. The number of hydrogen-bond donors (Lipinski definition) is 2. The molecule has 1 aliphatic rings.